The van der Waals surface area contributed by atoms with E-state index >= 15 is 0 Å². The zero-order chi connectivity index (χ0) is 68.8. The molecule has 1 saturated carbocycles. The van der Waals surface area contributed by atoms with Crippen LogP contribution in [0.4, 0.5) is 22.5 Å². The number of hydrogen-bond acceptors (Lipinski definition) is 22. The van der Waals surface area contributed by atoms with E-state index in [0.29, 0.717) is 121 Å². The van der Waals surface area contributed by atoms with Crippen LogP contribution in [0.5, 0.6) is 0 Å². The van der Waals surface area contributed by atoms with Crippen LogP contribution in [-0.2, 0) is 65.4 Å². The SMILES string of the molecule is CCNC(=O)c1cnc(N2CCN(c3ncc4c(n3)CCN(C(=O)O[C@@H]3CC[C@@H](C[C@@H](C)[C@@H]5CC(=O)[C@H](C)/C=C(\C)[C@@H](O)[C@@H](OC)C(=O)[C@H](C)C[C@H](C)/C=C/C=C/C=C(\C)[C@@H](OC)C[C@@H]6CC[C@@H](C)[C@@](O)(O6)C(=O)C(=O)N6CCCC[C@H]6C(=O)O5)C[C@H]3OC)C4)CC2)nc1N. The van der Waals surface area contributed by atoms with Crippen molar-refractivity contribution in [2.75, 3.05) is 82.7 Å². The first-order valence-corrected chi connectivity index (χ1v) is 34.1. The molecule has 5 N–H and O–H groups in total. The number of nitrogens with one attached hydrogen (secondary N) is 1. The van der Waals surface area contributed by atoms with Crippen LogP contribution in [0.15, 0.2) is 60.0 Å². The molecule has 15 atom stereocenters. The highest BCUT2D eigenvalue weighted by atomic mass is 16.6. The van der Waals surface area contributed by atoms with Gasteiger partial charge < -0.3 is 69.3 Å². The molecule has 4 fully saturated rings. The molecule has 0 spiro atoms. The van der Waals surface area contributed by atoms with E-state index in [1.165, 1.54) is 18.2 Å². The van der Waals surface area contributed by atoms with Crippen molar-refractivity contribution in [1.82, 2.24) is 35.1 Å². The summed E-state index contributed by atoms with van der Waals surface area (Å²) in [6, 6.07) is -1.21. The number of amides is 3. The largest absolute Gasteiger partial charge is 0.460 e. The van der Waals surface area contributed by atoms with Crippen molar-refractivity contribution in [1.29, 1.82) is 0 Å². The molecule has 5 aliphatic heterocycles. The van der Waals surface area contributed by atoms with E-state index in [1.54, 1.807) is 52.2 Å². The number of rotatable bonds is 11. The number of piperazine rings is 1. The van der Waals surface area contributed by atoms with Gasteiger partial charge in [0.1, 0.15) is 42.1 Å². The summed E-state index contributed by atoms with van der Waals surface area (Å²) in [5, 5.41) is 26.5. The molecule has 2 aromatic heterocycles. The Bertz CT molecular complexity index is 3170. The van der Waals surface area contributed by atoms with Crippen molar-refractivity contribution in [2.24, 2.45) is 35.5 Å². The molecular formula is C70H102N10O15. The summed E-state index contributed by atoms with van der Waals surface area (Å²) < 4.78 is 36.4. The summed E-state index contributed by atoms with van der Waals surface area (Å²) in [5.41, 5.74) is 9.25. The van der Waals surface area contributed by atoms with E-state index in [2.05, 4.69) is 20.2 Å². The Hall–Kier alpha value is -7.03. The molecule has 0 radical (unpaired) electrons. The maximum Gasteiger partial charge on any atom is 0.410 e. The third kappa shape index (κ3) is 18.4. The Morgan fingerprint density at radius 3 is 2.22 bits per heavy atom. The van der Waals surface area contributed by atoms with Gasteiger partial charge in [-0.05, 0) is 114 Å². The summed E-state index contributed by atoms with van der Waals surface area (Å²) in [6.07, 6.45) is 13.3. The van der Waals surface area contributed by atoms with E-state index in [0.717, 1.165) is 16.8 Å². The first-order valence-electron chi connectivity index (χ1n) is 34.1. The van der Waals surface area contributed by atoms with Crippen LogP contribution in [0.1, 0.15) is 154 Å². The van der Waals surface area contributed by atoms with Crippen LogP contribution in [0.3, 0.4) is 0 Å². The smallest absolute Gasteiger partial charge is 0.410 e. The van der Waals surface area contributed by atoms with Crippen LogP contribution in [-0.4, -0.2) is 203 Å². The number of nitrogen functional groups attached to an aromatic ring is 1. The number of Topliss-reactive ketones (excluding diaryl/α,β-unsaturated/α-hetero) is 3. The topological polar surface area (TPSA) is 318 Å². The van der Waals surface area contributed by atoms with Crippen molar-refractivity contribution in [3.63, 3.8) is 0 Å². The molecule has 8 rings (SSSR count). The van der Waals surface area contributed by atoms with Gasteiger partial charge in [0.05, 0.1) is 36.1 Å². The van der Waals surface area contributed by atoms with Crippen LogP contribution in [0.25, 0.3) is 0 Å². The number of cyclic esters (lactones) is 1. The monoisotopic (exact) mass is 1320 g/mol. The quantitative estimate of drug-likeness (QED) is 0.104. The van der Waals surface area contributed by atoms with Crippen LogP contribution in [0.2, 0.25) is 0 Å². The Labute approximate surface area is 559 Å². The van der Waals surface area contributed by atoms with Gasteiger partial charge in [-0.1, -0.05) is 71.1 Å². The first kappa shape index (κ1) is 73.8. The zero-order valence-corrected chi connectivity index (χ0v) is 57.4. The van der Waals surface area contributed by atoms with Crippen LogP contribution >= 0.6 is 0 Å². The number of aliphatic hydroxyl groups excluding tert-OH is 1. The molecule has 95 heavy (non-hydrogen) atoms. The molecule has 0 unspecified atom stereocenters. The Balaban J connectivity index is 0.941. The number of anilines is 3. The maximum atomic E-state index is 14.8. The van der Waals surface area contributed by atoms with Gasteiger partial charge in [0.2, 0.25) is 17.7 Å². The third-order valence-corrected chi connectivity index (χ3v) is 20.1. The van der Waals surface area contributed by atoms with Crippen molar-refractivity contribution >= 4 is 58.9 Å². The molecule has 6 aliphatic rings. The second-order valence-corrected chi connectivity index (χ2v) is 27.1. The number of methoxy groups -OCH3 is 3. The van der Waals surface area contributed by atoms with Gasteiger partial charge >= 0.3 is 12.1 Å². The number of ketones is 3. The van der Waals surface area contributed by atoms with Gasteiger partial charge in [-0.25, -0.2) is 24.5 Å². The van der Waals surface area contributed by atoms with E-state index in [1.807, 2.05) is 69.9 Å². The number of nitrogens with zero attached hydrogens (tertiary/aromatic N) is 8. The number of aliphatic hydroxyl groups is 2. The Morgan fingerprint density at radius 2 is 1.54 bits per heavy atom. The van der Waals surface area contributed by atoms with Crippen LogP contribution < -0.4 is 20.9 Å². The number of ether oxygens (including phenoxy) is 6. The Morgan fingerprint density at radius 1 is 0.821 bits per heavy atom. The molecule has 2 aromatic rings. The fourth-order valence-electron chi connectivity index (χ4n) is 14.1. The Kier molecular flexibility index (Phi) is 26.2. The summed E-state index contributed by atoms with van der Waals surface area (Å²) in [7, 11) is 4.52. The van der Waals surface area contributed by atoms with Gasteiger partial charge in [-0.3, -0.25) is 24.0 Å². The highest BCUT2D eigenvalue weighted by molar-refractivity contribution is 6.39. The number of carbonyl (C=O) groups is 7. The summed E-state index contributed by atoms with van der Waals surface area (Å²) in [5.74, 6) is -7.78. The molecule has 3 amide bonds. The number of aromatic nitrogens is 4. The van der Waals surface area contributed by atoms with E-state index in [9.17, 15) is 43.8 Å². The minimum absolute atomic E-state index is 0.0139. The third-order valence-electron chi connectivity index (χ3n) is 20.1. The molecular weight excluding hydrogens is 1220 g/mol. The van der Waals surface area contributed by atoms with Crippen molar-refractivity contribution < 1.29 is 72.2 Å². The zero-order valence-electron chi connectivity index (χ0n) is 57.4. The summed E-state index contributed by atoms with van der Waals surface area (Å²) in [6.45, 7) is 17.9. The number of esters is 1. The predicted octanol–water partition coefficient (Wildman–Crippen LogP) is 6.62. The molecule has 1 aliphatic carbocycles. The number of carbonyl (C=O) groups excluding carboxylic acids is 7. The van der Waals surface area contributed by atoms with Crippen LogP contribution in [0, 0.1) is 35.5 Å². The van der Waals surface area contributed by atoms with Gasteiger partial charge in [0.15, 0.2) is 5.78 Å². The molecule has 7 heterocycles. The number of piperidine rings is 1. The van der Waals surface area contributed by atoms with Gasteiger partial charge in [-0.15, -0.1) is 0 Å². The van der Waals surface area contributed by atoms with E-state index < -0.39 is 102 Å². The number of fused-ring (bicyclic) bond motifs is 4. The minimum atomic E-state index is -2.48. The second kappa shape index (κ2) is 33.8. The van der Waals surface area contributed by atoms with Gasteiger partial charge in [-0.2, -0.15) is 4.98 Å². The lowest BCUT2D eigenvalue weighted by Crippen LogP contribution is -2.61. The average molecular weight is 1320 g/mol. The van der Waals surface area contributed by atoms with Gasteiger partial charge in [0, 0.05) is 122 Å². The standard InChI is InChI=1S/C70H102N10O15/c1-12-72-64(85)51-39-74-68(76-63(51)71)78-30-28-77(29-31-78)67-73-38-49-40-79(27-25-52(49)75-67)69(88)94-55-24-22-48(35-58(55)91-10)34-44(5)57-37-54(81)43(4)33-46(7)60(83)61(92-11)59(82)45(6)32-41(2)18-14-13-15-19-42(3)56(90-9)36-50-23-21-47(8)70(89,95-50)62(84)65(86)80-26-17-16-20-53(80)66(87)93-57/h13-15,18-19,33,38-39,41,43-45,47-48,50,53,55-58,60-61,83,89H,12,16-17,20-32,34-37,40H2,1-11H3,(H,72,85)(H2,71,74,76)/b15-13+,18-14+,42-19+,46-33+/t41-,43-,44-,45-,47-,48+,50+,53+,55-,56+,57+,58-,60-,61+,70-/m1/s1. The minimum Gasteiger partial charge on any atom is -0.460 e. The lowest BCUT2D eigenvalue weighted by molar-refractivity contribution is -0.265. The molecule has 522 valence electrons. The normalized spacial score (nSPS) is 32.9. The highest BCUT2D eigenvalue weighted by Gasteiger charge is 2.53. The summed E-state index contributed by atoms with van der Waals surface area (Å²) >= 11 is 0. The highest BCUT2D eigenvalue weighted by Crippen LogP contribution is 2.39. The lowest BCUT2D eigenvalue weighted by atomic mass is 9.78. The first-order chi connectivity index (χ1) is 45.4. The van der Waals surface area contributed by atoms with Crippen molar-refractivity contribution in [2.45, 2.75) is 200 Å². The van der Waals surface area contributed by atoms with Crippen molar-refractivity contribution in [3.8, 4) is 0 Å². The number of allylic oxidation sites excluding steroid dienone is 6. The number of nitrogens with two attached hydrogens (primary N) is 1. The molecule has 2 bridgehead atoms. The maximum absolute atomic E-state index is 14.8. The molecule has 0 aromatic carbocycles. The van der Waals surface area contributed by atoms with Gasteiger partial charge in [0.25, 0.3) is 17.6 Å². The fourth-order valence-corrected chi connectivity index (χ4v) is 14.1. The van der Waals surface area contributed by atoms with E-state index in [4.69, 9.17) is 44.1 Å². The predicted molar refractivity (Wildman–Crippen MR) is 354 cm³/mol. The molecule has 25 heteroatoms. The fraction of sp³-hybridized carbons (Fsp3) is 0.671. The molecule has 3 saturated heterocycles. The number of hydrogen-bond donors (Lipinski definition) is 4. The lowest BCUT2D eigenvalue weighted by Gasteiger charge is -2.42. The summed E-state index contributed by atoms with van der Waals surface area (Å²) in [4.78, 5) is 124. The second-order valence-electron chi connectivity index (χ2n) is 27.1. The average Bonchev–Trinajstić information content (AvgIpc) is 0.783. The van der Waals surface area contributed by atoms with E-state index in [-0.39, 0.29) is 73.0 Å². The molecule has 25 nitrogen and oxygen atoms in total. The van der Waals surface area contributed by atoms with Crippen molar-refractivity contribution in [3.05, 3.63) is 76.8 Å².